The van der Waals surface area contributed by atoms with Gasteiger partial charge in [0.1, 0.15) is 18.2 Å². The van der Waals surface area contributed by atoms with Crippen molar-refractivity contribution < 1.29 is 4.74 Å². The van der Waals surface area contributed by atoms with Crippen LogP contribution in [0.25, 0.3) is 11.1 Å². The Morgan fingerprint density at radius 2 is 2.00 bits per heavy atom. The van der Waals surface area contributed by atoms with Crippen molar-refractivity contribution in [3.05, 3.63) is 61.6 Å². The molecule has 0 aliphatic rings. The van der Waals surface area contributed by atoms with Crippen molar-refractivity contribution in [1.82, 2.24) is 0 Å². The third kappa shape index (κ3) is 3.13. The summed E-state index contributed by atoms with van der Waals surface area (Å²) >= 11 is 15.0. The summed E-state index contributed by atoms with van der Waals surface area (Å²) in [6, 6.07) is 11.5. The molecule has 3 rings (SSSR count). The lowest BCUT2D eigenvalue weighted by Gasteiger charge is -2.04. The molecular formula is C16H9Cl2NOS2. The van der Waals surface area contributed by atoms with Crippen LogP contribution >= 0.6 is 45.9 Å². The first-order chi connectivity index (χ1) is 10.7. The lowest BCUT2D eigenvalue weighted by molar-refractivity contribution is 0.318. The molecule has 0 atom stereocenters. The fourth-order valence-electron chi connectivity index (χ4n) is 1.96. The van der Waals surface area contributed by atoms with E-state index >= 15 is 0 Å². The number of hydrogen-bond donors (Lipinski definition) is 0. The van der Waals surface area contributed by atoms with Crippen molar-refractivity contribution in [1.29, 1.82) is 5.26 Å². The van der Waals surface area contributed by atoms with Crippen LogP contribution in [0.4, 0.5) is 0 Å². The van der Waals surface area contributed by atoms with Crippen LogP contribution in [0.2, 0.25) is 10.0 Å². The first kappa shape index (κ1) is 15.4. The van der Waals surface area contributed by atoms with E-state index in [-0.39, 0.29) is 0 Å². The van der Waals surface area contributed by atoms with Crippen LogP contribution in [0, 0.1) is 11.3 Å². The van der Waals surface area contributed by atoms with E-state index in [4.69, 9.17) is 27.9 Å². The van der Waals surface area contributed by atoms with Crippen LogP contribution in [0.3, 0.4) is 0 Å². The minimum atomic E-state index is 0.466. The van der Waals surface area contributed by atoms with Gasteiger partial charge in [-0.15, -0.1) is 22.7 Å². The number of nitrogens with zero attached hydrogens (tertiary/aromatic N) is 1. The molecule has 0 amide bonds. The van der Waals surface area contributed by atoms with E-state index in [2.05, 4.69) is 6.07 Å². The van der Waals surface area contributed by atoms with Crippen LogP contribution in [0.5, 0.6) is 5.06 Å². The lowest BCUT2D eigenvalue weighted by atomic mass is 10.1. The van der Waals surface area contributed by atoms with Crippen LogP contribution in [0.15, 0.2) is 41.1 Å². The molecule has 2 nitrogen and oxygen atoms in total. The van der Waals surface area contributed by atoms with E-state index in [0.29, 0.717) is 27.3 Å². The van der Waals surface area contributed by atoms with Gasteiger partial charge in [0.05, 0.1) is 10.0 Å². The molecule has 0 aliphatic carbocycles. The maximum absolute atomic E-state index is 9.45. The summed E-state index contributed by atoms with van der Waals surface area (Å²) in [6.45, 7) is 0.466. The fraction of sp³-hybridized carbons (Fsp3) is 0.0625. The Kier molecular flexibility index (Phi) is 4.70. The minimum Gasteiger partial charge on any atom is -0.477 e. The molecule has 1 aromatic carbocycles. The SMILES string of the molecule is N#Cc1c(-c2ccc(Cl)c(Cl)c2)csc1OCc1cccs1. The van der Waals surface area contributed by atoms with Gasteiger partial charge in [0.25, 0.3) is 0 Å². The van der Waals surface area contributed by atoms with Crippen molar-refractivity contribution in [2.24, 2.45) is 0 Å². The van der Waals surface area contributed by atoms with E-state index in [0.717, 1.165) is 16.0 Å². The smallest absolute Gasteiger partial charge is 0.192 e. The molecule has 0 spiro atoms. The highest BCUT2D eigenvalue weighted by Gasteiger charge is 2.15. The number of halogens is 2. The Morgan fingerprint density at radius 1 is 1.14 bits per heavy atom. The summed E-state index contributed by atoms with van der Waals surface area (Å²) in [4.78, 5) is 1.12. The molecule has 0 saturated heterocycles. The summed E-state index contributed by atoms with van der Waals surface area (Å²) in [5.74, 6) is 0. The van der Waals surface area contributed by atoms with Crippen LogP contribution < -0.4 is 4.74 Å². The molecule has 6 heteroatoms. The van der Waals surface area contributed by atoms with Gasteiger partial charge >= 0.3 is 0 Å². The molecule has 0 bridgehead atoms. The van der Waals surface area contributed by atoms with E-state index in [9.17, 15) is 5.26 Å². The van der Waals surface area contributed by atoms with Gasteiger partial charge in [-0.25, -0.2) is 0 Å². The Labute approximate surface area is 146 Å². The minimum absolute atomic E-state index is 0.466. The van der Waals surface area contributed by atoms with Crippen molar-refractivity contribution in [3.8, 4) is 22.3 Å². The first-order valence-corrected chi connectivity index (χ1v) is 8.82. The second kappa shape index (κ2) is 6.72. The molecule has 0 aliphatic heterocycles. The summed E-state index contributed by atoms with van der Waals surface area (Å²) in [7, 11) is 0. The summed E-state index contributed by atoms with van der Waals surface area (Å²) in [5.41, 5.74) is 2.19. The van der Waals surface area contributed by atoms with Gasteiger partial charge in [-0.1, -0.05) is 35.3 Å². The van der Waals surface area contributed by atoms with Gasteiger partial charge in [-0.3, -0.25) is 0 Å². The van der Waals surface area contributed by atoms with E-state index in [1.165, 1.54) is 11.3 Å². The van der Waals surface area contributed by atoms with Gasteiger partial charge in [-0.05, 0) is 29.1 Å². The highest BCUT2D eigenvalue weighted by Crippen LogP contribution is 2.39. The molecule has 3 aromatic rings. The third-order valence-electron chi connectivity index (χ3n) is 3.03. The zero-order valence-corrected chi connectivity index (χ0v) is 14.3. The molecule has 2 aromatic heterocycles. The maximum Gasteiger partial charge on any atom is 0.192 e. The largest absolute Gasteiger partial charge is 0.477 e. The average molecular weight is 366 g/mol. The zero-order chi connectivity index (χ0) is 15.5. The number of rotatable bonds is 4. The fourth-order valence-corrected chi connectivity index (χ4v) is 3.75. The molecule has 0 radical (unpaired) electrons. The Bertz CT molecular complexity index is 834. The monoisotopic (exact) mass is 365 g/mol. The van der Waals surface area contributed by atoms with Crippen molar-refractivity contribution in [2.75, 3.05) is 0 Å². The van der Waals surface area contributed by atoms with E-state index < -0.39 is 0 Å². The third-order valence-corrected chi connectivity index (χ3v) is 5.50. The van der Waals surface area contributed by atoms with Crippen molar-refractivity contribution in [2.45, 2.75) is 6.61 Å². The van der Waals surface area contributed by atoms with Gasteiger partial charge in [0, 0.05) is 15.8 Å². The van der Waals surface area contributed by atoms with E-state index in [1.807, 2.05) is 29.0 Å². The molecule has 110 valence electrons. The van der Waals surface area contributed by atoms with E-state index in [1.54, 1.807) is 23.5 Å². The highest BCUT2D eigenvalue weighted by molar-refractivity contribution is 7.12. The van der Waals surface area contributed by atoms with Gasteiger partial charge < -0.3 is 4.74 Å². The van der Waals surface area contributed by atoms with Gasteiger partial charge in [-0.2, -0.15) is 5.26 Å². The Hall–Kier alpha value is -1.51. The van der Waals surface area contributed by atoms with Crippen molar-refractivity contribution >= 4 is 45.9 Å². The normalized spacial score (nSPS) is 10.4. The Morgan fingerprint density at radius 3 is 2.68 bits per heavy atom. The average Bonchev–Trinajstić information content (AvgIpc) is 3.16. The van der Waals surface area contributed by atoms with Crippen LogP contribution in [0.1, 0.15) is 10.4 Å². The number of thiophene rings is 2. The molecular weight excluding hydrogens is 357 g/mol. The first-order valence-electron chi connectivity index (χ1n) is 6.31. The summed E-state index contributed by atoms with van der Waals surface area (Å²) in [5, 5.41) is 14.9. The quantitative estimate of drug-likeness (QED) is 0.548. The Balaban J connectivity index is 1.90. The predicted molar refractivity (Wildman–Crippen MR) is 93.1 cm³/mol. The number of hydrogen-bond acceptors (Lipinski definition) is 4. The van der Waals surface area contributed by atoms with Gasteiger partial charge in [0.15, 0.2) is 5.06 Å². The second-order valence-electron chi connectivity index (χ2n) is 4.42. The highest BCUT2D eigenvalue weighted by atomic mass is 35.5. The molecule has 0 unspecified atom stereocenters. The van der Waals surface area contributed by atoms with Crippen molar-refractivity contribution in [3.63, 3.8) is 0 Å². The number of nitriles is 1. The molecule has 0 N–H and O–H groups in total. The molecule has 2 heterocycles. The predicted octanol–water partition coefficient (Wildman–Crippen LogP) is 6.23. The van der Waals surface area contributed by atoms with Crippen LogP contribution in [-0.2, 0) is 6.61 Å². The molecule has 0 saturated carbocycles. The number of benzene rings is 1. The standard InChI is InChI=1S/C16H9Cl2NOS2/c17-14-4-3-10(6-15(14)18)13-9-22-16(12(13)7-19)20-8-11-2-1-5-21-11/h1-6,9H,8H2. The summed E-state index contributed by atoms with van der Waals surface area (Å²) < 4.78 is 5.78. The number of ether oxygens (including phenoxy) is 1. The zero-order valence-electron chi connectivity index (χ0n) is 11.2. The lowest BCUT2D eigenvalue weighted by Crippen LogP contribution is -1.92. The second-order valence-corrected chi connectivity index (χ2v) is 7.11. The summed E-state index contributed by atoms with van der Waals surface area (Å²) in [6.07, 6.45) is 0. The molecule has 22 heavy (non-hydrogen) atoms. The van der Waals surface area contributed by atoms with Crippen LogP contribution in [-0.4, -0.2) is 0 Å². The van der Waals surface area contributed by atoms with Gasteiger partial charge in [0.2, 0.25) is 0 Å². The maximum atomic E-state index is 9.45. The molecule has 0 fully saturated rings. The topological polar surface area (TPSA) is 33.0 Å².